The second kappa shape index (κ2) is 5.25. The van der Waals surface area contributed by atoms with E-state index in [-0.39, 0.29) is 28.1 Å². The van der Waals surface area contributed by atoms with Crippen molar-refractivity contribution in [2.75, 3.05) is 0 Å². The van der Waals surface area contributed by atoms with Crippen LogP contribution in [0.3, 0.4) is 0 Å². The van der Waals surface area contributed by atoms with Crippen LogP contribution in [0.4, 0.5) is 0 Å². The summed E-state index contributed by atoms with van der Waals surface area (Å²) in [5, 5.41) is 19.6. The standard InChI is InChI=1S/C16H16O4/c1-4-5-10(9(2)3)14-8-13(18)11-6-7-12(17)15(19)16(11)20-14/h4-9,17,19H,1H2,2-3H3/b10-5+. The summed E-state index contributed by atoms with van der Waals surface area (Å²) < 4.78 is 5.60. The van der Waals surface area contributed by atoms with Gasteiger partial charge in [0.15, 0.2) is 16.8 Å². The summed E-state index contributed by atoms with van der Waals surface area (Å²) in [4.78, 5) is 12.1. The van der Waals surface area contributed by atoms with E-state index in [0.29, 0.717) is 5.76 Å². The predicted molar refractivity (Wildman–Crippen MR) is 78.8 cm³/mol. The van der Waals surface area contributed by atoms with Crippen LogP contribution in [-0.4, -0.2) is 10.2 Å². The highest BCUT2D eigenvalue weighted by molar-refractivity contribution is 5.85. The van der Waals surface area contributed by atoms with Crippen molar-refractivity contribution in [1.29, 1.82) is 0 Å². The van der Waals surface area contributed by atoms with E-state index in [2.05, 4.69) is 6.58 Å². The normalized spacial score (nSPS) is 12.1. The molecular formula is C16H16O4. The van der Waals surface area contributed by atoms with Crippen molar-refractivity contribution in [3.63, 3.8) is 0 Å². The molecule has 104 valence electrons. The highest BCUT2D eigenvalue weighted by Gasteiger charge is 2.15. The molecule has 0 saturated carbocycles. The van der Waals surface area contributed by atoms with E-state index in [1.165, 1.54) is 18.2 Å². The topological polar surface area (TPSA) is 70.7 Å². The van der Waals surface area contributed by atoms with Gasteiger partial charge in [0.25, 0.3) is 0 Å². The van der Waals surface area contributed by atoms with Gasteiger partial charge in [-0.05, 0) is 23.6 Å². The number of aromatic hydroxyl groups is 2. The fourth-order valence-corrected chi connectivity index (χ4v) is 2.02. The Kier molecular flexibility index (Phi) is 3.66. The number of benzene rings is 1. The minimum absolute atomic E-state index is 0.0110. The molecule has 0 radical (unpaired) electrons. The number of allylic oxidation sites excluding steroid dienone is 3. The molecule has 1 aromatic carbocycles. The lowest BCUT2D eigenvalue weighted by Gasteiger charge is -2.11. The summed E-state index contributed by atoms with van der Waals surface area (Å²) in [6.07, 6.45) is 3.37. The molecule has 0 bridgehead atoms. The lowest BCUT2D eigenvalue weighted by atomic mass is 9.99. The van der Waals surface area contributed by atoms with Crippen LogP contribution in [0, 0.1) is 5.92 Å². The Balaban J connectivity index is 2.81. The molecule has 0 aliphatic carbocycles. The number of hydrogen-bond donors (Lipinski definition) is 2. The summed E-state index contributed by atoms with van der Waals surface area (Å²) in [5.74, 6) is -0.272. The van der Waals surface area contributed by atoms with Gasteiger partial charge in [0.2, 0.25) is 5.75 Å². The summed E-state index contributed by atoms with van der Waals surface area (Å²) in [5.41, 5.74) is 0.511. The third-order valence-corrected chi connectivity index (χ3v) is 3.05. The van der Waals surface area contributed by atoms with E-state index in [1.54, 1.807) is 12.2 Å². The summed E-state index contributed by atoms with van der Waals surface area (Å²) in [6.45, 7) is 7.56. The number of phenolic OH excluding ortho intramolecular Hbond substituents is 2. The average molecular weight is 272 g/mol. The van der Waals surface area contributed by atoms with Gasteiger partial charge in [0.05, 0.1) is 5.39 Å². The van der Waals surface area contributed by atoms with Crippen molar-refractivity contribution < 1.29 is 14.6 Å². The maximum absolute atomic E-state index is 12.1. The zero-order chi connectivity index (χ0) is 14.9. The van der Waals surface area contributed by atoms with Crippen molar-refractivity contribution in [2.24, 2.45) is 5.92 Å². The molecule has 0 fully saturated rings. The van der Waals surface area contributed by atoms with E-state index >= 15 is 0 Å². The molecule has 2 N–H and O–H groups in total. The lowest BCUT2D eigenvalue weighted by molar-refractivity contribution is 0.398. The van der Waals surface area contributed by atoms with Crippen LogP contribution < -0.4 is 5.43 Å². The third-order valence-electron chi connectivity index (χ3n) is 3.05. The van der Waals surface area contributed by atoms with Gasteiger partial charge >= 0.3 is 0 Å². The van der Waals surface area contributed by atoms with E-state index in [1.807, 2.05) is 13.8 Å². The average Bonchev–Trinajstić information content (AvgIpc) is 2.40. The summed E-state index contributed by atoms with van der Waals surface area (Å²) >= 11 is 0. The molecular weight excluding hydrogens is 256 g/mol. The number of fused-ring (bicyclic) bond motifs is 1. The molecule has 2 aromatic rings. The second-order valence-electron chi connectivity index (χ2n) is 4.80. The van der Waals surface area contributed by atoms with Gasteiger partial charge in [-0.2, -0.15) is 0 Å². The Morgan fingerprint density at radius 1 is 1.35 bits per heavy atom. The fraction of sp³-hybridized carbons (Fsp3) is 0.188. The quantitative estimate of drug-likeness (QED) is 0.663. The van der Waals surface area contributed by atoms with Crippen LogP contribution in [0.5, 0.6) is 11.5 Å². The van der Waals surface area contributed by atoms with Gasteiger partial charge in [0, 0.05) is 6.07 Å². The minimum atomic E-state index is -0.428. The summed E-state index contributed by atoms with van der Waals surface area (Å²) in [7, 11) is 0. The molecule has 0 unspecified atom stereocenters. The van der Waals surface area contributed by atoms with Gasteiger partial charge < -0.3 is 14.6 Å². The van der Waals surface area contributed by atoms with Crippen molar-refractivity contribution in [3.8, 4) is 11.5 Å². The van der Waals surface area contributed by atoms with Crippen LogP contribution in [0.1, 0.15) is 19.6 Å². The minimum Gasteiger partial charge on any atom is -0.504 e. The number of rotatable bonds is 3. The maximum Gasteiger partial charge on any atom is 0.201 e. The van der Waals surface area contributed by atoms with Crippen molar-refractivity contribution in [2.45, 2.75) is 13.8 Å². The molecule has 0 saturated heterocycles. The Bertz CT molecular complexity index is 751. The largest absolute Gasteiger partial charge is 0.504 e. The smallest absolute Gasteiger partial charge is 0.201 e. The van der Waals surface area contributed by atoms with Gasteiger partial charge in [-0.25, -0.2) is 0 Å². The Morgan fingerprint density at radius 2 is 2.05 bits per heavy atom. The van der Waals surface area contributed by atoms with Crippen LogP contribution in [-0.2, 0) is 0 Å². The van der Waals surface area contributed by atoms with Gasteiger partial charge in [0.1, 0.15) is 5.76 Å². The first-order chi connectivity index (χ1) is 9.45. The SMILES string of the molecule is C=C/C=C(/c1cc(=O)c2ccc(O)c(O)c2o1)C(C)C. The molecule has 0 spiro atoms. The van der Waals surface area contributed by atoms with Crippen LogP contribution in [0.15, 0.2) is 46.1 Å². The second-order valence-corrected chi connectivity index (χ2v) is 4.80. The third kappa shape index (κ3) is 2.32. The van der Waals surface area contributed by atoms with Crippen molar-refractivity contribution in [1.82, 2.24) is 0 Å². The van der Waals surface area contributed by atoms with Crippen molar-refractivity contribution >= 4 is 16.5 Å². The van der Waals surface area contributed by atoms with E-state index < -0.39 is 5.75 Å². The Hall–Kier alpha value is -2.49. The Morgan fingerprint density at radius 3 is 2.65 bits per heavy atom. The highest BCUT2D eigenvalue weighted by Crippen LogP contribution is 2.34. The molecule has 0 amide bonds. The molecule has 4 nitrogen and oxygen atoms in total. The molecule has 1 aromatic heterocycles. The molecule has 0 atom stereocenters. The lowest BCUT2D eigenvalue weighted by Crippen LogP contribution is -2.04. The zero-order valence-electron chi connectivity index (χ0n) is 11.4. The first-order valence-corrected chi connectivity index (χ1v) is 6.27. The van der Waals surface area contributed by atoms with Crippen molar-refractivity contribution in [3.05, 3.63) is 52.9 Å². The Labute approximate surface area is 116 Å². The molecule has 1 heterocycles. The van der Waals surface area contributed by atoms with Gasteiger partial charge in [-0.1, -0.05) is 32.6 Å². The first kappa shape index (κ1) is 13.9. The highest BCUT2D eigenvalue weighted by atomic mass is 16.4. The van der Waals surface area contributed by atoms with Crippen LogP contribution in [0.25, 0.3) is 16.5 Å². The monoisotopic (exact) mass is 272 g/mol. The van der Waals surface area contributed by atoms with Crippen LogP contribution in [0.2, 0.25) is 0 Å². The fourth-order valence-electron chi connectivity index (χ4n) is 2.02. The maximum atomic E-state index is 12.1. The molecule has 0 aliphatic heterocycles. The molecule has 0 aliphatic rings. The summed E-state index contributed by atoms with van der Waals surface area (Å²) in [6, 6.07) is 4.07. The molecule has 20 heavy (non-hydrogen) atoms. The predicted octanol–water partition coefficient (Wildman–Crippen LogP) is 3.43. The van der Waals surface area contributed by atoms with Gasteiger partial charge in [-0.15, -0.1) is 0 Å². The molecule has 2 rings (SSSR count). The first-order valence-electron chi connectivity index (χ1n) is 6.27. The molecule has 4 heteroatoms. The van der Waals surface area contributed by atoms with E-state index in [0.717, 1.165) is 5.57 Å². The van der Waals surface area contributed by atoms with Crippen LogP contribution >= 0.6 is 0 Å². The van der Waals surface area contributed by atoms with Gasteiger partial charge in [-0.3, -0.25) is 4.79 Å². The number of phenols is 2. The van der Waals surface area contributed by atoms with E-state index in [4.69, 9.17) is 4.42 Å². The number of hydrogen-bond acceptors (Lipinski definition) is 4. The zero-order valence-corrected chi connectivity index (χ0v) is 11.4. The van der Waals surface area contributed by atoms with E-state index in [9.17, 15) is 15.0 Å².